The van der Waals surface area contributed by atoms with Crippen molar-refractivity contribution in [3.63, 3.8) is 0 Å². The van der Waals surface area contributed by atoms with Crippen LogP contribution in [-0.2, 0) is 18.3 Å². The highest BCUT2D eigenvalue weighted by Gasteiger charge is 2.16. The minimum atomic E-state index is -0.873. The molecule has 0 spiro atoms. The highest BCUT2D eigenvalue weighted by atomic mass is 16.4. The van der Waals surface area contributed by atoms with E-state index in [4.69, 9.17) is 5.11 Å². The second kappa shape index (κ2) is 8.19. The number of carbonyl (C=O) groups excluding carboxylic acids is 1. The maximum atomic E-state index is 11.6. The van der Waals surface area contributed by atoms with Gasteiger partial charge in [-0.2, -0.15) is 5.10 Å². The molecule has 7 heteroatoms. The van der Waals surface area contributed by atoms with Gasteiger partial charge >= 0.3 is 12.0 Å². The number of nitrogens with zero attached hydrogens (tertiary/aromatic N) is 2. The van der Waals surface area contributed by atoms with E-state index in [0.717, 1.165) is 12.1 Å². The summed E-state index contributed by atoms with van der Waals surface area (Å²) in [6.45, 7) is 2.56. The Balaban J connectivity index is 2.23. The number of carboxylic acid groups (broad SMARTS) is 1. The van der Waals surface area contributed by atoms with E-state index in [0.29, 0.717) is 19.4 Å². The van der Waals surface area contributed by atoms with Gasteiger partial charge in [-0.05, 0) is 12.5 Å². The third kappa shape index (κ3) is 5.29. The molecule has 1 aromatic heterocycles. The summed E-state index contributed by atoms with van der Waals surface area (Å²) in [5.74, 6) is -1.40. The van der Waals surface area contributed by atoms with Gasteiger partial charge < -0.3 is 15.7 Å². The maximum absolute atomic E-state index is 11.6. The fourth-order valence-electron chi connectivity index (χ4n) is 1.89. The third-order valence-electron chi connectivity index (χ3n) is 3.08. The summed E-state index contributed by atoms with van der Waals surface area (Å²) < 4.78 is 1.75. The van der Waals surface area contributed by atoms with Gasteiger partial charge in [0.25, 0.3) is 0 Å². The number of aromatic nitrogens is 2. The number of hydrogen-bond acceptors (Lipinski definition) is 3. The van der Waals surface area contributed by atoms with Gasteiger partial charge in [0, 0.05) is 38.4 Å². The highest BCUT2D eigenvalue weighted by Crippen LogP contribution is 2.04. The molecule has 0 aliphatic heterocycles. The molecule has 1 heterocycles. The molecule has 0 radical (unpaired) electrons. The lowest BCUT2D eigenvalue weighted by molar-refractivity contribution is -0.141. The number of nitrogens with one attached hydrogen (secondary N) is 2. The molecule has 3 N–H and O–H groups in total. The van der Waals surface area contributed by atoms with Crippen molar-refractivity contribution in [1.29, 1.82) is 0 Å². The molecule has 1 atom stereocenters. The number of rotatable bonds is 8. The lowest BCUT2D eigenvalue weighted by Gasteiger charge is -2.13. The second-order valence-electron chi connectivity index (χ2n) is 4.66. The van der Waals surface area contributed by atoms with Crippen LogP contribution in [0.5, 0.6) is 0 Å². The average Bonchev–Trinajstić information content (AvgIpc) is 2.80. The Morgan fingerprint density at radius 2 is 2.20 bits per heavy atom. The van der Waals surface area contributed by atoms with E-state index in [1.807, 2.05) is 20.0 Å². The van der Waals surface area contributed by atoms with Gasteiger partial charge in [0.05, 0.1) is 5.92 Å². The zero-order chi connectivity index (χ0) is 15.0. The van der Waals surface area contributed by atoms with E-state index in [-0.39, 0.29) is 12.6 Å². The molecule has 1 rings (SSSR count). The lowest BCUT2D eigenvalue weighted by atomic mass is 10.0. The van der Waals surface area contributed by atoms with Gasteiger partial charge in [0.15, 0.2) is 0 Å². The molecule has 1 unspecified atom stereocenters. The fraction of sp³-hybridized carbons (Fsp3) is 0.615. The van der Waals surface area contributed by atoms with Gasteiger partial charge in [-0.25, -0.2) is 4.79 Å². The summed E-state index contributed by atoms with van der Waals surface area (Å²) in [5.41, 5.74) is 1.03. The average molecular weight is 282 g/mol. The third-order valence-corrected chi connectivity index (χ3v) is 3.08. The quantitative estimate of drug-likeness (QED) is 0.656. The molecule has 0 fully saturated rings. The smallest absolute Gasteiger partial charge is 0.314 e. The number of hydrogen-bond donors (Lipinski definition) is 3. The van der Waals surface area contributed by atoms with E-state index < -0.39 is 11.9 Å². The van der Waals surface area contributed by atoms with Crippen LogP contribution < -0.4 is 10.6 Å². The van der Waals surface area contributed by atoms with Gasteiger partial charge in [-0.1, -0.05) is 13.3 Å². The number of urea groups is 1. The minimum absolute atomic E-state index is 0.153. The Morgan fingerprint density at radius 1 is 1.45 bits per heavy atom. The second-order valence-corrected chi connectivity index (χ2v) is 4.66. The summed E-state index contributed by atoms with van der Waals surface area (Å²) in [5, 5.41) is 18.3. The number of aryl methyl sites for hydroxylation is 1. The fourth-order valence-corrected chi connectivity index (χ4v) is 1.89. The molecular weight excluding hydrogens is 260 g/mol. The van der Waals surface area contributed by atoms with Crippen molar-refractivity contribution in [1.82, 2.24) is 20.4 Å². The van der Waals surface area contributed by atoms with Crippen LogP contribution in [0.15, 0.2) is 12.3 Å². The summed E-state index contributed by atoms with van der Waals surface area (Å²) in [7, 11) is 1.84. The van der Waals surface area contributed by atoms with Gasteiger partial charge in [-0.15, -0.1) is 0 Å². The first kappa shape index (κ1) is 16.0. The van der Waals surface area contributed by atoms with Crippen LogP contribution >= 0.6 is 0 Å². The van der Waals surface area contributed by atoms with E-state index in [9.17, 15) is 9.59 Å². The monoisotopic (exact) mass is 282 g/mol. The number of amides is 2. The first-order chi connectivity index (χ1) is 9.54. The van der Waals surface area contributed by atoms with Gasteiger partial charge in [0.1, 0.15) is 0 Å². The summed E-state index contributed by atoms with van der Waals surface area (Å²) >= 11 is 0. The van der Waals surface area contributed by atoms with E-state index in [2.05, 4.69) is 15.7 Å². The molecule has 0 bridgehead atoms. The molecule has 7 nitrogen and oxygen atoms in total. The number of carboxylic acids is 1. The maximum Gasteiger partial charge on any atom is 0.314 e. The topological polar surface area (TPSA) is 96.3 Å². The van der Waals surface area contributed by atoms with E-state index in [1.165, 1.54) is 0 Å². The molecule has 0 saturated carbocycles. The van der Waals surface area contributed by atoms with Crippen LogP contribution in [0.3, 0.4) is 0 Å². The van der Waals surface area contributed by atoms with Gasteiger partial charge in [-0.3, -0.25) is 9.48 Å². The Labute approximate surface area is 118 Å². The molecule has 0 aromatic carbocycles. The van der Waals surface area contributed by atoms with Crippen LogP contribution in [0, 0.1) is 5.92 Å². The molecule has 0 aliphatic carbocycles. The predicted molar refractivity (Wildman–Crippen MR) is 74.3 cm³/mol. The van der Waals surface area contributed by atoms with Crippen molar-refractivity contribution >= 4 is 12.0 Å². The molecule has 2 amide bonds. The predicted octanol–water partition coefficient (Wildman–Crippen LogP) is 0.763. The largest absolute Gasteiger partial charge is 0.481 e. The van der Waals surface area contributed by atoms with Crippen molar-refractivity contribution in [2.45, 2.75) is 26.2 Å². The molecule has 20 heavy (non-hydrogen) atoms. The normalized spacial score (nSPS) is 11.9. The summed E-state index contributed by atoms with van der Waals surface area (Å²) in [6.07, 6.45) is 3.73. The molecule has 0 saturated heterocycles. The Kier molecular flexibility index (Phi) is 6.55. The Bertz CT molecular complexity index is 445. The van der Waals surface area contributed by atoms with Gasteiger partial charge in [0.2, 0.25) is 0 Å². The molecule has 0 aliphatic rings. The lowest BCUT2D eigenvalue weighted by Crippen LogP contribution is -2.40. The van der Waals surface area contributed by atoms with Crippen molar-refractivity contribution in [2.75, 3.05) is 13.1 Å². The van der Waals surface area contributed by atoms with Crippen LogP contribution in [0.4, 0.5) is 4.79 Å². The number of carbonyl (C=O) groups is 2. The zero-order valence-electron chi connectivity index (χ0n) is 11.9. The molecular formula is C13H22N4O3. The van der Waals surface area contributed by atoms with E-state index >= 15 is 0 Å². The molecule has 1 aromatic rings. The van der Waals surface area contributed by atoms with Crippen molar-refractivity contribution in [3.05, 3.63) is 18.0 Å². The SMILES string of the molecule is CCCC(CNC(=O)NCCc1ccnn1C)C(=O)O. The van der Waals surface area contributed by atoms with Crippen LogP contribution in [-0.4, -0.2) is 40.0 Å². The standard InChI is InChI=1S/C13H22N4O3/c1-3-4-10(12(18)19)9-15-13(20)14-7-5-11-6-8-16-17(11)2/h6,8,10H,3-5,7,9H2,1-2H3,(H,18,19)(H2,14,15,20). The first-order valence-electron chi connectivity index (χ1n) is 6.76. The van der Waals surface area contributed by atoms with E-state index in [1.54, 1.807) is 10.9 Å². The Morgan fingerprint density at radius 3 is 2.75 bits per heavy atom. The number of aliphatic carboxylic acids is 1. The first-order valence-corrected chi connectivity index (χ1v) is 6.76. The van der Waals surface area contributed by atoms with Crippen molar-refractivity contribution < 1.29 is 14.7 Å². The van der Waals surface area contributed by atoms with Crippen molar-refractivity contribution in [2.24, 2.45) is 13.0 Å². The van der Waals surface area contributed by atoms with Crippen LogP contribution in [0.1, 0.15) is 25.5 Å². The Hall–Kier alpha value is -2.05. The zero-order valence-corrected chi connectivity index (χ0v) is 11.9. The minimum Gasteiger partial charge on any atom is -0.481 e. The van der Waals surface area contributed by atoms with Crippen molar-refractivity contribution in [3.8, 4) is 0 Å². The van der Waals surface area contributed by atoms with Crippen LogP contribution in [0.25, 0.3) is 0 Å². The summed E-state index contributed by atoms with van der Waals surface area (Å²) in [4.78, 5) is 22.5. The summed E-state index contributed by atoms with van der Waals surface area (Å²) in [6, 6.07) is 1.55. The molecule has 112 valence electrons. The highest BCUT2D eigenvalue weighted by molar-refractivity contribution is 5.75. The van der Waals surface area contributed by atoms with Crippen LogP contribution in [0.2, 0.25) is 0 Å².